The predicted octanol–water partition coefficient (Wildman–Crippen LogP) is 4.13. The van der Waals surface area contributed by atoms with E-state index < -0.39 is 12.7 Å². The first kappa shape index (κ1) is 26.7. The summed E-state index contributed by atoms with van der Waals surface area (Å²) in [6.45, 7) is 4.80. The van der Waals surface area contributed by atoms with Gasteiger partial charge in [0.15, 0.2) is 5.96 Å². The maximum absolute atomic E-state index is 12.7. The number of halogens is 4. The van der Waals surface area contributed by atoms with Gasteiger partial charge in [-0.05, 0) is 31.7 Å². The molecule has 1 saturated heterocycles. The molecule has 0 aromatic rings. The highest BCUT2D eigenvalue weighted by Crippen LogP contribution is 2.22. The van der Waals surface area contributed by atoms with Gasteiger partial charge in [0, 0.05) is 33.2 Å². The number of nitrogens with one attached hydrogen (secondary N) is 1. The molecular weight excluding hydrogens is 496 g/mol. The first-order valence-electron chi connectivity index (χ1n) is 10.8. The zero-order valence-electron chi connectivity index (χ0n) is 17.8. The van der Waals surface area contributed by atoms with Crippen molar-refractivity contribution < 1.29 is 17.9 Å². The Kier molecular flexibility index (Phi) is 12.8. The SMILES string of the molecule is CCN(CC1CCN(C(=NC)NCCOC2CCCCCC2)C1)CC(F)(F)F.I. The minimum Gasteiger partial charge on any atom is -0.376 e. The lowest BCUT2D eigenvalue weighted by Crippen LogP contribution is -2.42. The molecule has 1 saturated carbocycles. The van der Waals surface area contributed by atoms with Crippen molar-refractivity contribution in [1.29, 1.82) is 0 Å². The van der Waals surface area contributed by atoms with Crippen molar-refractivity contribution in [3.8, 4) is 0 Å². The van der Waals surface area contributed by atoms with Crippen molar-refractivity contribution in [3.05, 3.63) is 0 Å². The third kappa shape index (κ3) is 10.5. The molecule has 0 spiro atoms. The topological polar surface area (TPSA) is 40.1 Å². The number of ether oxygens (including phenoxy) is 1. The Bertz CT molecular complexity index is 471. The molecule has 1 aliphatic heterocycles. The van der Waals surface area contributed by atoms with Crippen LogP contribution in [0.4, 0.5) is 13.2 Å². The quantitative estimate of drug-likeness (QED) is 0.167. The van der Waals surface area contributed by atoms with E-state index in [4.69, 9.17) is 4.74 Å². The lowest BCUT2D eigenvalue weighted by molar-refractivity contribution is -0.146. The molecule has 9 heteroatoms. The lowest BCUT2D eigenvalue weighted by atomic mass is 10.1. The molecular formula is C20H38F3IN4O. The van der Waals surface area contributed by atoms with Crippen LogP contribution in [-0.2, 0) is 4.74 Å². The van der Waals surface area contributed by atoms with Crippen LogP contribution in [0.2, 0.25) is 0 Å². The van der Waals surface area contributed by atoms with E-state index in [1.54, 1.807) is 14.0 Å². The molecule has 172 valence electrons. The molecule has 0 radical (unpaired) electrons. The normalized spacial score (nSPS) is 21.9. The van der Waals surface area contributed by atoms with Crippen LogP contribution in [0.3, 0.4) is 0 Å². The smallest absolute Gasteiger partial charge is 0.376 e. The number of likely N-dealkylation sites (tertiary alicyclic amines) is 1. The van der Waals surface area contributed by atoms with Crippen LogP contribution in [0, 0.1) is 5.92 Å². The van der Waals surface area contributed by atoms with Crippen LogP contribution in [0.1, 0.15) is 51.9 Å². The average molecular weight is 534 g/mol. The van der Waals surface area contributed by atoms with E-state index in [9.17, 15) is 13.2 Å². The summed E-state index contributed by atoms with van der Waals surface area (Å²) in [5.41, 5.74) is 0. The van der Waals surface area contributed by atoms with Crippen molar-refractivity contribution in [3.63, 3.8) is 0 Å². The van der Waals surface area contributed by atoms with Crippen LogP contribution in [0.15, 0.2) is 4.99 Å². The van der Waals surface area contributed by atoms with E-state index in [2.05, 4.69) is 15.2 Å². The van der Waals surface area contributed by atoms with Gasteiger partial charge in [-0.3, -0.25) is 9.89 Å². The van der Waals surface area contributed by atoms with Gasteiger partial charge in [0.05, 0.1) is 19.3 Å². The molecule has 2 aliphatic rings. The second kappa shape index (κ2) is 13.9. The Hall–Kier alpha value is -0.290. The zero-order chi connectivity index (χ0) is 20.4. The molecule has 0 amide bonds. The third-order valence-electron chi connectivity index (χ3n) is 5.70. The Morgan fingerprint density at radius 2 is 1.86 bits per heavy atom. The summed E-state index contributed by atoms with van der Waals surface area (Å²) in [5.74, 6) is 1.06. The second-order valence-corrected chi connectivity index (χ2v) is 8.00. The number of hydrogen-bond acceptors (Lipinski definition) is 3. The Morgan fingerprint density at radius 3 is 2.45 bits per heavy atom. The summed E-state index contributed by atoms with van der Waals surface area (Å²) in [7, 11) is 1.75. The molecule has 1 heterocycles. The number of guanidine groups is 1. The van der Waals surface area contributed by atoms with Gasteiger partial charge >= 0.3 is 6.18 Å². The number of alkyl halides is 3. The van der Waals surface area contributed by atoms with Gasteiger partial charge in [-0.15, -0.1) is 24.0 Å². The lowest BCUT2D eigenvalue weighted by Gasteiger charge is -2.26. The van der Waals surface area contributed by atoms with Crippen molar-refractivity contribution in [2.45, 2.75) is 64.1 Å². The van der Waals surface area contributed by atoms with Crippen LogP contribution in [-0.4, -0.2) is 81.0 Å². The van der Waals surface area contributed by atoms with E-state index in [1.807, 2.05) is 0 Å². The maximum Gasteiger partial charge on any atom is 0.401 e. The van der Waals surface area contributed by atoms with Crippen LogP contribution in [0.5, 0.6) is 0 Å². The van der Waals surface area contributed by atoms with E-state index in [-0.39, 0.29) is 29.9 Å². The molecule has 1 atom stereocenters. The fourth-order valence-corrected chi connectivity index (χ4v) is 4.23. The van der Waals surface area contributed by atoms with Crippen molar-refractivity contribution in [2.75, 3.05) is 52.9 Å². The highest BCUT2D eigenvalue weighted by atomic mass is 127. The maximum atomic E-state index is 12.7. The van der Waals surface area contributed by atoms with Gasteiger partial charge in [0.1, 0.15) is 0 Å². The fourth-order valence-electron chi connectivity index (χ4n) is 4.23. The van der Waals surface area contributed by atoms with E-state index in [0.717, 1.165) is 38.3 Å². The summed E-state index contributed by atoms with van der Waals surface area (Å²) < 4.78 is 44.0. The Labute approximate surface area is 190 Å². The molecule has 1 unspecified atom stereocenters. The Morgan fingerprint density at radius 1 is 1.17 bits per heavy atom. The molecule has 0 aromatic carbocycles. The second-order valence-electron chi connectivity index (χ2n) is 8.00. The van der Waals surface area contributed by atoms with E-state index >= 15 is 0 Å². The van der Waals surface area contributed by atoms with Gasteiger partial charge in [0.25, 0.3) is 0 Å². The number of hydrogen-bond donors (Lipinski definition) is 1. The highest BCUT2D eigenvalue weighted by Gasteiger charge is 2.33. The largest absolute Gasteiger partial charge is 0.401 e. The molecule has 0 bridgehead atoms. The molecule has 2 fully saturated rings. The van der Waals surface area contributed by atoms with Crippen LogP contribution >= 0.6 is 24.0 Å². The van der Waals surface area contributed by atoms with Crippen molar-refractivity contribution in [1.82, 2.24) is 15.1 Å². The molecule has 1 N–H and O–H groups in total. The van der Waals surface area contributed by atoms with E-state index in [0.29, 0.717) is 32.3 Å². The van der Waals surface area contributed by atoms with Gasteiger partial charge in [-0.2, -0.15) is 13.2 Å². The molecule has 2 rings (SSSR count). The standard InChI is InChI=1S/C20H37F3N4O.HI/c1-3-26(16-20(21,22)23)14-17-10-12-27(15-17)19(24-2)25-11-13-28-18-8-6-4-5-7-9-18;/h17-18H,3-16H2,1-2H3,(H,24,25);1H. The van der Waals surface area contributed by atoms with Gasteiger partial charge < -0.3 is 15.0 Å². The summed E-state index contributed by atoms with van der Waals surface area (Å²) in [6.07, 6.45) is 4.63. The van der Waals surface area contributed by atoms with Crippen LogP contribution < -0.4 is 5.32 Å². The monoisotopic (exact) mass is 534 g/mol. The van der Waals surface area contributed by atoms with Gasteiger partial charge in [-0.1, -0.05) is 32.6 Å². The van der Waals surface area contributed by atoms with Crippen LogP contribution in [0.25, 0.3) is 0 Å². The number of nitrogens with zero attached hydrogens (tertiary/aromatic N) is 3. The summed E-state index contributed by atoms with van der Waals surface area (Å²) in [5, 5.41) is 3.35. The third-order valence-corrected chi connectivity index (χ3v) is 5.70. The molecule has 5 nitrogen and oxygen atoms in total. The predicted molar refractivity (Wildman–Crippen MR) is 122 cm³/mol. The summed E-state index contributed by atoms with van der Waals surface area (Å²) in [6, 6.07) is 0. The van der Waals surface area contributed by atoms with E-state index in [1.165, 1.54) is 30.6 Å². The minimum absolute atomic E-state index is 0. The molecule has 0 aromatic heterocycles. The molecule has 29 heavy (non-hydrogen) atoms. The number of aliphatic imine (C=N–C) groups is 1. The van der Waals surface area contributed by atoms with Crippen molar-refractivity contribution in [2.24, 2.45) is 10.9 Å². The fraction of sp³-hybridized carbons (Fsp3) is 0.950. The zero-order valence-corrected chi connectivity index (χ0v) is 20.2. The van der Waals surface area contributed by atoms with Crippen molar-refractivity contribution >= 4 is 29.9 Å². The number of rotatable bonds is 8. The average Bonchev–Trinajstić information content (AvgIpc) is 2.94. The van der Waals surface area contributed by atoms with Gasteiger partial charge in [0.2, 0.25) is 0 Å². The molecule has 1 aliphatic carbocycles. The first-order chi connectivity index (χ1) is 13.4. The minimum atomic E-state index is -4.14. The highest BCUT2D eigenvalue weighted by molar-refractivity contribution is 14.0. The van der Waals surface area contributed by atoms with Gasteiger partial charge in [-0.25, -0.2) is 0 Å². The Balaban J connectivity index is 0.00000420. The summed E-state index contributed by atoms with van der Waals surface area (Å²) >= 11 is 0. The summed E-state index contributed by atoms with van der Waals surface area (Å²) in [4.78, 5) is 7.99. The first-order valence-corrected chi connectivity index (χ1v) is 10.8.